The minimum Gasteiger partial charge on any atom is -0.258 e. The number of halogens is 4. The van der Waals surface area contributed by atoms with Gasteiger partial charge in [0.2, 0.25) is 0 Å². The number of hydrogen-bond donors (Lipinski definition) is 0. The monoisotopic (exact) mass is 398 g/mol. The van der Waals surface area contributed by atoms with Crippen LogP contribution in [0.2, 0.25) is 0 Å². The first-order valence-electron chi connectivity index (χ1n) is 3.72. The zero-order valence-corrected chi connectivity index (χ0v) is 11.3. The fourth-order valence-electron chi connectivity index (χ4n) is 0.974. The highest BCUT2D eigenvalue weighted by atomic mass is 127. The first-order valence-corrected chi connectivity index (χ1v) is 7.11. The Labute approximate surface area is 112 Å². The van der Waals surface area contributed by atoms with E-state index in [9.17, 15) is 27.3 Å². The van der Waals surface area contributed by atoms with Crippen LogP contribution in [0.4, 0.5) is 14.5 Å². The predicted octanol–water partition coefficient (Wildman–Crippen LogP) is 2.46. The molecule has 1 aromatic rings. The van der Waals surface area contributed by atoms with Crippen molar-refractivity contribution in [1.29, 1.82) is 0 Å². The molecular formula is C6H2ClF2IN2O4S. The Balaban J connectivity index is 3.64. The van der Waals surface area contributed by atoms with Gasteiger partial charge < -0.3 is 0 Å². The maximum Gasteiger partial charge on any atom is 0.309 e. The van der Waals surface area contributed by atoms with Gasteiger partial charge in [0.25, 0.3) is 15.5 Å². The van der Waals surface area contributed by atoms with Crippen LogP contribution < -0.4 is 0 Å². The van der Waals surface area contributed by atoms with E-state index in [1.165, 1.54) is 22.6 Å². The van der Waals surface area contributed by atoms with Gasteiger partial charge in [-0.05, 0) is 28.7 Å². The molecule has 0 aliphatic rings. The Morgan fingerprint density at radius 2 is 2.06 bits per heavy atom. The standard InChI is InChI=1S/C6H2ClF2IN2O4S/c7-17(15,16)3-1-2(5(8)9)4(12(13)14)6(10)11-3/h1,5H. The molecule has 0 spiro atoms. The van der Waals surface area contributed by atoms with E-state index in [2.05, 4.69) is 4.98 Å². The van der Waals surface area contributed by atoms with Crippen molar-refractivity contribution in [3.8, 4) is 0 Å². The predicted molar refractivity (Wildman–Crippen MR) is 61.6 cm³/mol. The topological polar surface area (TPSA) is 90.2 Å². The molecule has 0 saturated heterocycles. The summed E-state index contributed by atoms with van der Waals surface area (Å²) in [6.07, 6.45) is -3.20. The van der Waals surface area contributed by atoms with E-state index >= 15 is 0 Å². The van der Waals surface area contributed by atoms with Crippen LogP contribution >= 0.6 is 33.3 Å². The zero-order valence-electron chi connectivity index (χ0n) is 7.60. The van der Waals surface area contributed by atoms with Crippen molar-refractivity contribution in [3.05, 3.63) is 25.4 Å². The van der Waals surface area contributed by atoms with Crippen LogP contribution in [0.25, 0.3) is 0 Å². The second-order valence-corrected chi connectivity index (χ2v) is 6.22. The summed E-state index contributed by atoms with van der Waals surface area (Å²) in [5.74, 6) is 0. The first-order chi connectivity index (χ1) is 7.64. The summed E-state index contributed by atoms with van der Waals surface area (Å²) in [5, 5.41) is 9.71. The van der Waals surface area contributed by atoms with Crippen LogP contribution in [-0.4, -0.2) is 18.3 Å². The van der Waals surface area contributed by atoms with E-state index in [4.69, 9.17) is 10.7 Å². The lowest BCUT2D eigenvalue weighted by molar-refractivity contribution is -0.387. The minimum atomic E-state index is -4.32. The summed E-state index contributed by atoms with van der Waals surface area (Å²) in [6.45, 7) is 0. The Morgan fingerprint density at radius 3 is 2.41 bits per heavy atom. The molecule has 94 valence electrons. The maximum atomic E-state index is 12.6. The van der Waals surface area contributed by atoms with E-state index in [0.29, 0.717) is 6.07 Å². The summed E-state index contributed by atoms with van der Waals surface area (Å²) >= 11 is 1.29. The van der Waals surface area contributed by atoms with Crippen LogP contribution in [0, 0.1) is 13.8 Å². The van der Waals surface area contributed by atoms with E-state index in [1.54, 1.807) is 0 Å². The minimum absolute atomic E-state index is 0.396. The summed E-state index contributed by atoms with van der Waals surface area (Å²) in [4.78, 5) is 12.8. The van der Waals surface area contributed by atoms with Crippen molar-refractivity contribution in [2.24, 2.45) is 0 Å². The first kappa shape index (κ1) is 14.4. The number of alkyl halides is 2. The SMILES string of the molecule is O=[N+]([O-])c1c(C(F)F)cc(S(=O)(=O)Cl)nc1I. The highest BCUT2D eigenvalue weighted by Crippen LogP contribution is 2.33. The highest BCUT2D eigenvalue weighted by molar-refractivity contribution is 14.1. The van der Waals surface area contributed by atoms with Gasteiger partial charge in [0.05, 0.1) is 4.92 Å². The molecule has 6 nitrogen and oxygen atoms in total. The third-order valence-electron chi connectivity index (χ3n) is 1.62. The van der Waals surface area contributed by atoms with Gasteiger partial charge in [0.15, 0.2) is 8.73 Å². The molecule has 0 aromatic carbocycles. The Bertz CT molecular complexity index is 580. The lowest BCUT2D eigenvalue weighted by Crippen LogP contribution is -2.05. The molecule has 1 rings (SSSR count). The van der Waals surface area contributed by atoms with Crippen molar-refractivity contribution < 1.29 is 22.1 Å². The fraction of sp³-hybridized carbons (Fsp3) is 0.167. The van der Waals surface area contributed by atoms with E-state index in [-0.39, 0.29) is 0 Å². The molecule has 1 aromatic heterocycles. The van der Waals surface area contributed by atoms with Gasteiger partial charge in [0, 0.05) is 10.7 Å². The number of nitro groups is 1. The van der Waals surface area contributed by atoms with Crippen molar-refractivity contribution in [3.63, 3.8) is 0 Å². The van der Waals surface area contributed by atoms with Gasteiger partial charge in [0.1, 0.15) is 5.56 Å². The number of rotatable bonds is 3. The Hall–Kier alpha value is -0.620. The Kier molecular flexibility index (Phi) is 4.19. The van der Waals surface area contributed by atoms with Gasteiger partial charge in [-0.3, -0.25) is 10.1 Å². The summed E-state index contributed by atoms with van der Waals surface area (Å²) < 4.78 is 46.5. The number of nitrogens with zero attached hydrogens (tertiary/aromatic N) is 2. The molecule has 0 amide bonds. The number of hydrogen-bond acceptors (Lipinski definition) is 5. The second kappa shape index (κ2) is 4.94. The third kappa shape index (κ3) is 3.19. The van der Waals surface area contributed by atoms with E-state index < -0.39 is 40.4 Å². The van der Waals surface area contributed by atoms with Crippen molar-refractivity contribution in [1.82, 2.24) is 4.98 Å². The van der Waals surface area contributed by atoms with Crippen LogP contribution in [0.5, 0.6) is 0 Å². The molecule has 17 heavy (non-hydrogen) atoms. The summed E-state index contributed by atoms with van der Waals surface area (Å²) in [6, 6.07) is 0.396. The summed E-state index contributed by atoms with van der Waals surface area (Å²) in [7, 11) is 0.607. The van der Waals surface area contributed by atoms with Crippen LogP contribution in [-0.2, 0) is 9.05 Å². The molecule has 0 bridgehead atoms. The van der Waals surface area contributed by atoms with Gasteiger partial charge in [-0.15, -0.1) is 0 Å². The van der Waals surface area contributed by atoms with Crippen LogP contribution in [0.3, 0.4) is 0 Å². The normalized spacial score (nSPS) is 11.8. The van der Waals surface area contributed by atoms with Gasteiger partial charge in [-0.25, -0.2) is 22.2 Å². The average molecular weight is 399 g/mol. The zero-order chi connectivity index (χ0) is 13.4. The smallest absolute Gasteiger partial charge is 0.258 e. The molecule has 0 fully saturated rings. The molecule has 0 aliphatic carbocycles. The van der Waals surface area contributed by atoms with Crippen LogP contribution in [0.15, 0.2) is 11.1 Å². The second-order valence-electron chi connectivity index (χ2n) is 2.68. The van der Waals surface area contributed by atoms with Crippen molar-refractivity contribution in [2.75, 3.05) is 0 Å². The van der Waals surface area contributed by atoms with E-state index in [0.717, 1.165) is 0 Å². The number of aromatic nitrogens is 1. The molecule has 0 atom stereocenters. The van der Waals surface area contributed by atoms with Gasteiger partial charge in [-0.2, -0.15) is 0 Å². The summed E-state index contributed by atoms with van der Waals surface area (Å²) in [5.41, 5.74) is -1.96. The molecule has 11 heteroatoms. The Morgan fingerprint density at radius 1 is 1.53 bits per heavy atom. The number of pyridine rings is 1. The fourth-order valence-corrected chi connectivity index (χ4v) is 2.61. The van der Waals surface area contributed by atoms with Crippen LogP contribution in [0.1, 0.15) is 12.0 Å². The quantitative estimate of drug-likeness (QED) is 0.256. The third-order valence-corrected chi connectivity index (χ3v) is 3.56. The maximum absolute atomic E-state index is 12.6. The molecule has 0 aliphatic heterocycles. The molecular weight excluding hydrogens is 396 g/mol. The van der Waals surface area contributed by atoms with Gasteiger partial charge in [-0.1, -0.05) is 0 Å². The molecule has 1 heterocycles. The van der Waals surface area contributed by atoms with Crippen molar-refractivity contribution in [2.45, 2.75) is 11.5 Å². The van der Waals surface area contributed by atoms with E-state index in [1.807, 2.05) is 0 Å². The lowest BCUT2D eigenvalue weighted by Gasteiger charge is -2.04. The molecule has 0 N–H and O–H groups in total. The highest BCUT2D eigenvalue weighted by Gasteiger charge is 2.29. The molecule has 0 saturated carbocycles. The lowest BCUT2D eigenvalue weighted by atomic mass is 10.2. The largest absolute Gasteiger partial charge is 0.309 e. The average Bonchev–Trinajstić information content (AvgIpc) is 2.13. The van der Waals surface area contributed by atoms with Gasteiger partial charge >= 0.3 is 5.69 Å². The molecule has 0 unspecified atom stereocenters. The molecule has 0 radical (unpaired) electrons. The van der Waals surface area contributed by atoms with Crippen molar-refractivity contribution >= 4 is 48.0 Å².